The number of rotatable bonds is 28. The average molecular weight is 882 g/mol. The number of amides is 5. The van der Waals surface area contributed by atoms with Gasteiger partial charge < -0.3 is 35.1 Å². The van der Waals surface area contributed by atoms with Crippen LogP contribution in [0.5, 0.6) is 0 Å². The molecule has 63 heavy (non-hydrogen) atoms. The highest BCUT2D eigenvalue weighted by Gasteiger charge is 2.27. The molecule has 338 valence electrons. The summed E-state index contributed by atoms with van der Waals surface area (Å²) in [5.74, 6) is -2.17. The normalized spacial score (nSPS) is 11.2. The quantitative estimate of drug-likeness (QED) is 0.0449. The fraction of sp³-hybridized carbons (Fsp3) is 0.408. The Morgan fingerprint density at radius 1 is 0.476 bits per heavy atom. The zero-order valence-corrected chi connectivity index (χ0v) is 37.5. The highest BCUT2D eigenvalue weighted by Crippen LogP contribution is 2.39. The minimum absolute atomic E-state index is 0.0821. The Kier molecular flexibility index (Phi) is 21.3. The van der Waals surface area contributed by atoms with Gasteiger partial charge in [-0.3, -0.25) is 28.5 Å². The van der Waals surface area contributed by atoms with Gasteiger partial charge in [-0.25, -0.2) is 0 Å². The molecule has 0 aliphatic heterocycles. The van der Waals surface area contributed by atoms with E-state index in [4.69, 9.17) is 5.73 Å². The number of nitrogens with zero attached hydrogens (tertiary/aromatic N) is 4. The number of carbonyl (C=O) groups excluding carboxylic acids is 5. The maximum Gasteiger partial charge on any atom is 0.329 e. The Balaban J connectivity index is 1.57. The molecule has 0 aliphatic rings. The lowest BCUT2D eigenvalue weighted by atomic mass is 10.1. The molecule has 4 aromatic carbocycles. The van der Waals surface area contributed by atoms with Crippen LogP contribution in [0.15, 0.2) is 115 Å². The molecular formula is C49H64N5O8P. The molecule has 14 heteroatoms. The minimum atomic E-state index is -4.28. The molecule has 0 bridgehead atoms. The summed E-state index contributed by atoms with van der Waals surface area (Å²) in [5.41, 5.74) is 9.96. The molecular weight excluding hydrogens is 818 g/mol. The van der Waals surface area contributed by atoms with E-state index in [9.17, 15) is 38.3 Å². The van der Waals surface area contributed by atoms with Crippen LogP contribution in [-0.2, 0) is 60.5 Å². The maximum atomic E-state index is 14.5. The van der Waals surface area contributed by atoms with E-state index >= 15 is 0 Å². The zero-order valence-electron chi connectivity index (χ0n) is 36.6. The summed E-state index contributed by atoms with van der Waals surface area (Å²) >= 11 is 0. The average Bonchev–Trinajstić information content (AvgIpc) is 3.26. The molecule has 0 radical (unpaired) electrons. The van der Waals surface area contributed by atoms with Gasteiger partial charge in [0.1, 0.15) is 6.54 Å². The van der Waals surface area contributed by atoms with E-state index in [0.29, 0.717) is 56.1 Å². The third-order valence-corrected chi connectivity index (χ3v) is 11.5. The molecule has 13 nitrogen and oxygen atoms in total. The van der Waals surface area contributed by atoms with Gasteiger partial charge in [0.05, 0.1) is 25.8 Å². The molecule has 0 atom stereocenters. The molecule has 0 saturated carbocycles. The molecule has 0 saturated heterocycles. The fourth-order valence-electron chi connectivity index (χ4n) is 7.33. The molecule has 0 spiro atoms. The van der Waals surface area contributed by atoms with E-state index in [1.54, 1.807) is 24.3 Å². The zero-order chi connectivity index (χ0) is 45.5. The van der Waals surface area contributed by atoms with Gasteiger partial charge in [0.25, 0.3) is 0 Å². The van der Waals surface area contributed by atoms with Crippen molar-refractivity contribution >= 4 is 37.1 Å². The third kappa shape index (κ3) is 19.5. The van der Waals surface area contributed by atoms with Crippen LogP contribution in [0.4, 0.5) is 0 Å². The maximum absolute atomic E-state index is 14.5. The topological polar surface area (TPSA) is 182 Å². The van der Waals surface area contributed by atoms with Crippen molar-refractivity contribution in [2.45, 2.75) is 83.8 Å². The lowest BCUT2D eigenvalue weighted by Gasteiger charge is -2.31. The van der Waals surface area contributed by atoms with E-state index in [2.05, 4.69) is 0 Å². The Bertz CT molecular complexity index is 2070. The summed E-state index contributed by atoms with van der Waals surface area (Å²) in [6.07, 6.45) is 5.85. The van der Waals surface area contributed by atoms with Crippen LogP contribution in [0.3, 0.4) is 0 Å². The number of unbranched alkanes of at least 4 members (excludes halogenated alkanes) is 2. The molecule has 5 amide bonds. The SMILES string of the molecule is CCCCCC(=O)N(CC(=O)N(CCCc1ccccc1)CC(=O)N(CCCc1ccccc1)CC(=O)N(CCCc1ccccc1)CC(N)=O)Cc1ccc(CP(=O)(O)O)cc1. The van der Waals surface area contributed by atoms with Gasteiger partial charge >= 0.3 is 7.60 Å². The fourth-order valence-corrected chi connectivity index (χ4v) is 8.02. The van der Waals surface area contributed by atoms with Crippen LogP contribution >= 0.6 is 7.60 Å². The second-order valence-corrected chi connectivity index (χ2v) is 17.7. The van der Waals surface area contributed by atoms with Crippen LogP contribution in [0.2, 0.25) is 0 Å². The van der Waals surface area contributed by atoms with Crippen molar-refractivity contribution in [3.8, 4) is 0 Å². The molecule has 0 fully saturated rings. The van der Waals surface area contributed by atoms with Crippen molar-refractivity contribution in [3.05, 3.63) is 143 Å². The van der Waals surface area contributed by atoms with E-state index in [-0.39, 0.29) is 64.7 Å². The third-order valence-electron chi connectivity index (χ3n) is 10.7. The minimum Gasteiger partial charge on any atom is -0.368 e. The summed E-state index contributed by atoms with van der Waals surface area (Å²) in [6, 6.07) is 36.0. The first kappa shape index (κ1) is 50.0. The van der Waals surface area contributed by atoms with Crippen LogP contribution in [0, 0.1) is 0 Å². The molecule has 0 heterocycles. The predicted octanol–water partition coefficient (Wildman–Crippen LogP) is 6.14. The van der Waals surface area contributed by atoms with Crippen LogP contribution in [0.25, 0.3) is 0 Å². The Hall–Kier alpha value is -5.62. The first-order valence-corrected chi connectivity index (χ1v) is 23.7. The van der Waals surface area contributed by atoms with E-state index in [1.807, 2.05) is 97.9 Å². The van der Waals surface area contributed by atoms with E-state index in [1.165, 1.54) is 19.6 Å². The lowest BCUT2D eigenvalue weighted by molar-refractivity contribution is -0.146. The first-order chi connectivity index (χ1) is 30.3. The second kappa shape index (κ2) is 26.8. The van der Waals surface area contributed by atoms with Gasteiger partial charge in [-0.2, -0.15) is 0 Å². The standard InChI is InChI=1S/C49H64N5O8P/c1-2-3-7-26-46(56)54(34-43-27-29-44(30-28-43)39-63(60,61)62)38-49(59)53(33-16-25-42-21-12-6-13-22-42)37-48(58)52(32-15-24-41-19-10-5-11-20-41)36-47(57)51(35-45(50)55)31-14-23-40-17-8-4-9-18-40/h4-6,8-13,17-22,27-30H,2-3,7,14-16,23-26,31-39H2,1H3,(H2,50,55)(H2,60,61,62). The van der Waals surface area contributed by atoms with Crippen molar-refractivity contribution < 1.29 is 38.3 Å². The van der Waals surface area contributed by atoms with Crippen molar-refractivity contribution in [2.24, 2.45) is 5.73 Å². The number of hydrogen-bond donors (Lipinski definition) is 3. The molecule has 0 aromatic heterocycles. The van der Waals surface area contributed by atoms with Crippen LogP contribution in [0.1, 0.15) is 79.7 Å². The van der Waals surface area contributed by atoms with Crippen molar-refractivity contribution in [1.82, 2.24) is 19.6 Å². The number of carbonyl (C=O) groups is 5. The number of aryl methyl sites for hydroxylation is 3. The number of primary amides is 1. The van der Waals surface area contributed by atoms with Gasteiger partial charge in [0.2, 0.25) is 29.5 Å². The molecule has 4 N–H and O–H groups in total. The monoisotopic (exact) mass is 881 g/mol. The first-order valence-electron chi connectivity index (χ1n) is 21.9. The molecule has 0 unspecified atom stereocenters. The smallest absolute Gasteiger partial charge is 0.329 e. The van der Waals surface area contributed by atoms with Crippen molar-refractivity contribution in [1.29, 1.82) is 0 Å². The van der Waals surface area contributed by atoms with Gasteiger partial charge in [-0.05, 0) is 72.8 Å². The van der Waals surface area contributed by atoms with Gasteiger partial charge in [-0.1, -0.05) is 135 Å². The highest BCUT2D eigenvalue weighted by atomic mass is 31.2. The summed E-state index contributed by atoms with van der Waals surface area (Å²) < 4.78 is 11.6. The number of hydrogen-bond acceptors (Lipinski definition) is 6. The predicted molar refractivity (Wildman–Crippen MR) is 245 cm³/mol. The highest BCUT2D eigenvalue weighted by molar-refractivity contribution is 7.50. The van der Waals surface area contributed by atoms with E-state index in [0.717, 1.165) is 29.5 Å². The van der Waals surface area contributed by atoms with Gasteiger partial charge in [0, 0.05) is 32.6 Å². The number of benzene rings is 4. The van der Waals surface area contributed by atoms with Crippen molar-refractivity contribution in [3.63, 3.8) is 0 Å². The molecule has 4 aromatic rings. The largest absolute Gasteiger partial charge is 0.368 e. The van der Waals surface area contributed by atoms with Crippen LogP contribution < -0.4 is 5.73 Å². The lowest BCUT2D eigenvalue weighted by Crippen LogP contribution is -2.50. The summed E-state index contributed by atoms with van der Waals surface area (Å²) in [7, 11) is -4.28. The Morgan fingerprint density at radius 2 is 0.857 bits per heavy atom. The Labute approximate surface area is 372 Å². The van der Waals surface area contributed by atoms with E-state index < -0.39 is 37.4 Å². The van der Waals surface area contributed by atoms with Crippen LogP contribution in [-0.4, -0.2) is 105 Å². The number of nitrogens with two attached hydrogens (primary N) is 1. The van der Waals surface area contributed by atoms with Gasteiger partial charge in [-0.15, -0.1) is 0 Å². The molecule has 4 rings (SSSR count). The Morgan fingerprint density at radius 3 is 1.24 bits per heavy atom. The second-order valence-electron chi connectivity index (χ2n) is 16.0. The summed E-state index contributed by atoms with van der Waals surface area (Å²) in [6.45, 7) is 1.60. The van der Waals surface area contributed by atoms with Gasteiger partial charge in [0.15, 0.2) is 0 Å². The molecule has 0 aliphatic carbocycles. The summed E-state index contributed by atoms with van der Waals surface area (Å²) in [4.78, 5) is 93.4. The summed E-state index contributed by atoms with van der Waals surface area (Å²) in [5, 5.41) is 0. The van der Waals surface area contributed by atoms with Crippen molar-refractivity contribution in [2.75, 3.05) is 45.8 Å².